The molecule has 0 fully saturated rings. The predicted molar refractivity (Wildman–Crippen MR) is 112 cm³/mol. The Bertz CT molecular complexity index is 956. The molecule has 0 radical (unpaired) electrons. The van der Waals surface area contributed by atoms with E-state index in [-0.39, 0.29) is 11.9 Å². The van der Waals surface area contributed by atoms with Crippen molar-refractivity contribution < 1.29 is 19.1 Å². The molecule has 1 aromatic carbocycles. The molecule has 7 nitrogen and oxygen atoms in total. The molecule has 1 aromatic heterocycles. The fraction of sp³-hybridized carbons (Fsp3) is 0.429. The summed E-state index contributed by atoms with van der Waals surface area (Å²) in [7, 11) is 1.89. The van der Waals surface area contributed by atoms with Gasteiger partial charge in [-0.15, -0.1) is 11.3 Å². The van der Waals surface area contributed by atoms with Gasteiger partial charge in [0.2, 0.25) is 5.91 Å². The number of nitrogens with one attached hydrogen (secondary N) is 1. The Morgan fingerprint density at radius 3 is 2.76 bits per heavy atom. The molecule has 1 aliphatic heterocycles. The van der Waals surface area contributed by atoms with Crippen LogP contribution in [0.4, 0.5) is 5.00 Å². The molecule has 154 valence electrons. The van der Waals surface area contributed by atoms with Crippen molar-refractivity contribution in [3.63, 3.8) is 0 Å². The van der Waals surface area contributed by atoms with E-state index in [4.69, 9.17) is 15.2 Å². The number of thiophene rings is 1. The minimum atomic E-state index is -0.475. The van der Waals surface area contributed by atoms with Crippen molar-refractivity contribution in [2.24, 2.45) is 5.73 Å². The van der Waals surface area contributed by atoms with Crippen LogP contribution in [0.25, 0.3) is 0 Å². The van der Waals surface area contributed by atoms with Crippen molar-refractivity contribution in [2.45, 2.75) is 38.8 Å². The molecule has 0 saturated carbocycles. The Hall–Kier alpha value is -2.58. The number of carbonyl (C=O) groups excluding carboxylic acids is 2. The molecular formula is C21H25N3O4S. The van der Waals surface area contributed by atoms with E-state index in [1.807, 2.05) is 37.1 Å². The molecule has 2 heterocycles. The second kappa shape index (κ2) is 8.04. The van der Waals surface area contributed by atoms with E-state index in [0.29, 0.717) is 30.3 Å². The van der Waals surface area contributed by atoms with Crippen LogP contribution in [0.5, 0.6) is 11.5 Å². The van der Waals surface area contributed by atoms with E-state index in [1.54, 1.807) is 0 Å². The number of likely N-dealkylation sites (N-methyl/N-ethyl adjacent to an activating group) is 1. The lowest BCUT2D eigenvalue weighted by molar-refractivity contribution is -0.120. The van der Waals surface area contributed by atoms with Crippen LogP contribution in [-0.4, -0.2) is 43.0 Å². The van der Waals surface area contributed by atoms with E-state index in [1.165, 1.54) is 11.3 Å². The Morgan fingerprint density at radius 1 is 1.24 bits per heavy atom. The lowest BCUT2D eigenvalue weighted by Crippen LogP contribution is -2.39. The summed E-state index contributed by atoms with van der Waals surface area (Å²) >= 11 is 1.47. The number of amides is 2. The number of hydrogen-bond acceptors (Lipinski definition) is 6. The monoisotopic (exact) mass is 415 g/mol. The zero-order valence-corrected chi connectivity index (χ0v) is 17.4. The summed E-state index contributed by atoms with van der Waals surface area (Å²) in [4.78, 5) is 27.9. The van der Waals surface area contributed by atoms with Crippen LogP contribution >= 0.6 is 11.3 Å². The van der Waals surface area contributed by atoms with Crippen LogP contribution in [0, 0.1) is 0 Å². The van der Waals surface area contributed by atoms with Crippen LogP contribution < -0.4 is 20.5 Å². The fourth-order valence-electron chi connectivity index (χ4n) is 3.78. The van der Waals surface area contributed by atoms with Gasteiger partial charge in [0.05, 0.1) is 11.6 Å². The molecule has 1 atom stereocenters. The SMILES string of the molecule is CC(C(=O)Nc1sc2c(c1C(N)=O)CCC2)N(C)Cc1ccc2c(c1)OCCO2. The molecule has 2 aromatic rings. The van der Waals surface area contributed by atoms with Gasteiger partial charge in [0.15, 0.2) is 11.5 Å². The molecule has 0 spiro atoms. The number of nitrogens with zero attached hydrogens (tertiary/aromatic N) is 1. The summed E-state index contributed by atoms with van der Waals surface area (Å²) in [6.45, 7) is 3.52. The quantitative estimate of drug-likeness (QED) is 0.756. The number of primary amides is 1. The zero-order valence-electron chi connectivity index (χ0n) is 16.6. The average molecular weight is 416 g/mol. The van der Waals surface area contributed by atoms with E-state index in [9.17, 15) is 9.59 Å². The summed E-state index contributed by atoms with van der Waals surface area (Å²) in [5.41, 5.74) is 8.11. The number of benzene rings is 1. The van der Waals surface area contributed by atoms with Gasteiger partial charge in [-0.25, -0.2) is 0 Å². The highest BCUT2D eigenvalue weighted by atomic mass is 32.1. The van der Waals surface area contributed by atoms with Crippen molar-refractivity contribution in [3.8, 4) is 11.5 Å². The molecule has 29 heavy (non-hydrogen) atoms. The van der Waals surface area contributed by atoms with Gasteiger partial charge in [0, 0.05) is 11.4 Å². The lowest BCUT2D eigenvalue weighted by Gasteiger charge is -2.25. The molecular weight excluding hydrogens is 390 g/mol. The number of anilines is 1. The molecule has 1 aliphatic carbocycles. The number of nitrogens with two attached hydrogens (primary N) is 1. The first-order valence-electron chi connectivity index (χ1n) is 9.78. The van der Waals surface area contributed by atoms with Gasteiger partial charge < -0.3 is 20.5 Å². The van der Waals surface area contributed by atoms with E-state index in [0.717, 1.165) is 46.8 Å². The van der Waals surface area contributed by atoms with Crippen LogP contribution in [0.15, 0.2) is 18.2 Å². The predicted octanol–water partition coefficient (Wildman–Crippen LogP) is 2.57. The Balaban J connectivity index is 1.44. The molecule has 2 amide bonds. The third kappa shape index (κ3) is 3.95. The average Bonchev–Trinajstić information content (AvgIpc) is 3.27. The highest BCUT2D eigenvalue weighted by Crippen LogP contribution is 2.39. The third-order valence-corrected chi connectivity index (χ3v) is 6.69. The molecule has 3 N–H and O–H groups in total. The number of carbonyl (C=O) groups is 2. The summed E-state index contributed by atoms with van der Waals surface area (Å²) in [5, 5.41) is 3.51. The minimum absolute atomic E-state index is 0.160. The normalized spacial score (nSPS) is 15.8. The summed E-state index contributed by atoms with van der Waals surface area (Å²) in [6, 6.07) is 5.43. The minimum Gasteiger partial charge on any atom is -0.486 e. The maximum atomic E-state index is 12.8. The van der Waals surface area contributed by atoms with Gasteiger partial charge in [-0.2, -0.15) is 0 Å². The smallest absolute Gasteiger partial charge is 0.251 e. The van der Waals surface area contributed by atoms with Gasteiger partial charge in [0.25, 0.3) is 5.91 Å². The van der Waals surface area contributed by atoms with Crippen molar-refractivity contribution >= 4 is 28.2 Å². The lowest BCUT2D eigenvalue weighted by atomic mass is 10.1. The van der Waals surface area contributed by atoms with Crippen LogP contribution in [0.3, 0.4) is 0 Å². The first-order valence-corrected chi connectivity index (χ1v) is 10.6. The molecule has 0 saturated heterocycles. The van der Waals surface area contributed by atoms with Crippen LogP contribution in [0.1, 0.15) is 39.7 Å². The maximum absolute atomic E-state index is 12.8. The molecule has 8 heteroatoms. The van der Waals surface area contributed by atoms with Gasteiger partial charge in [0.1, 0.15) is 18.2 Å². The van der Waals surface area contributed by atoms with E-state index in [2.05, 4.69) is 5.32 Å². The molecule has 2 aliphatic rings. The van der Waals surface area contributed by atoms with Crippen LogP contribution in [-0.2, 0) is 24.2 Å². The maximum Gasteiger partial charge on any atom is 0.251 e. The second-order valence-electron chi connectivity index (χ2n) is 7.48. The Morgan fingerprint density at radius 2 is 2.00 bits per heavy atom. The van der Waals surface area contributed by atoms with E-state index < -0.39 is 5.91 Å². The summed E-state index contributed by atoms with van der Waals surface area (Å²) in [5.74, 6) is 0.848. The summed E-state index contributed by atoms with van der Waals surface area (Å²) < 4.78 is 11.2. The highest BCUT2D eigenvalue weighted by Gasteiger charge is 2.28. The standard InChI is InChI=1S/C21H25N3O4S/c1-12(24(2)11-13-6-7-15-16(10-13)28-9-8-27-15)20(26)23-21-18(19(22)25)14-4-3-5-17(14)29-21/h6-7,10,12H,3-5,8-9,11H2,1-2H3,(H2,22,25)(H,23,26). The van der Waals surface area contributed by atoms with Gasteiger partial charge in [-0.1, -0.05) is 6.07 Å². The van der Waals surface area contributed by atoms with E-state index >= 15 is 0 Å². The van der Waals surface area contributed by atoms with Gasteiger partial charge in [-0.05, 0) is 56.5 Å². The number of ether oxygens (including phenoxy) is 2. The van der Waals surface area contributed by atoms with Crippen molar-refractivity contribution in [2.75, 3.05) is 25.6 Å². The molecule has 0 bridgehead atoms. The second-order valence-corrected chi connectivity index (χ2v) is 8.59. The van der Waals surface area contributed by atoms with Gasteiger partial charge in [-0.3, -0.25) is 14.5 Å². The fourth-order valence-corrected chi connectivity index (χ4v) is 5.08. The van der Waals surface area contributed by atoms with Crippen molar-refractivity contribution in [1.82, 2.24) is 4.90 Å². The number of rotatable bonds is 6. The van der Waals surface area contributed by atoms with Crippen molar-refractivity contribution in [3.05, 3.63) is 39.8 Å². The first kappa shape index (κ1) is 19.7. The van der Waals surface area contributed by atoms with Crippen LogP contribution in [0.2, 0.25) is 0 Å². The topological polar surface area (TPSA) is 93.9 Å². The Kier molecular flexibility index (Phi) is 5.47. The number of hydrogen-bond donors (Lipinski definition) is 2. The largest absolute Gasteiger partial charge is 0.486 e. The summed E-state index contributed by atoms with van der Waals surface area (Å²) in [6.07, 6.45) is 2.82. The van der Waals surface area contributed by atoms with Gasteiger partial charge >= 0.3 is 0 Å². The number of fused-ring (bicyclic) bond motifs is 2. The third-order valence-electron chi connectivity index (χ3n) is 5.48. The number of aryl methyl sites for hydroxylation is 1. The molecule has 1 unspecified atom stereocenters. The highest BCUT2D eigenvalue weighted by molar-refractivity contribution is 7.17. The molecule has 4 rings (SSSR count). The Labute approximate surface area is 173 Å². The van der Waals surface area contributed by atoms with Crippen molar-refractivity contribution in [1.29, 1.82) is 0 Å². The first-order chi connectivity index (χ1) is 13.9. The zero-order chi connectivity index (χ0) is 20.5.